The maximum absolute atomic E-state index is 12.5. The van der Waals surface area contributed by atoms with Crippen LogP contribution >= 0.6 is 11.3 Å². The third kappa shape index (κ3) is 4.29. The minimum absolute atomic E-state index is 0.00367. The van der Waals surface area contributed by atoms with Gasteiger partial charge in [-0.25, -0.2) is 0 Å². The van der Waals surface area contributed by atoms with Crippen LogP contribution in [0.15, 0.2) is 35.0 Å². The van der Waals surface area contributed by atoms with Crippen molar-refractivity contribution >= 4 is 34.5 Å². The van der Waals surface area contributed by atoms with Gasteiger partial charge in [0.1, 0.15) is 12.3 Å². The van der Waals surface area contributed by atoms with E-state index in [4.69, 9.17) is 4.74 Å². The van der Waals surface area contributed by atoms with Crippen LogP contribution in [0.2, 0.25) is 0 Å². The number of hydrogen-bond acceptors (Lipinski definition) is 7. The summed E-state index contributed by atoms with van der Waals surface area (Å²) < 4.78 is 5.31. The van der Waals surface area contributed by atoms with Gasteiger partial charge in [-0.05, 0) is 42.6 Å². The number of rotatable bonds is 7. The van der Waals surface area contributed by atoms with E-state index in [1.807, 2.05) is 35.8 Å². The lowest BCUT2D eigenvalue weighted by Gasteiger charge is -2.29. The molecule has 0 bridgehead atoms. The highest BCUT2D eigenvalue weighted by Gasteiger charge is 2.29. The summed E-state index contributed by atoms with van der Waals surface area (Å²) in [5, 5.41) is 17.9. The molecule has 2 heterocycles. The van der Waals surface area contributed by atoms with Gasteiger partial charge in [-0.1, -0.05) is 0 Å². The number of nitro benzene ring substituents is 1. The molecule has 3 rings (SSSR count). The predicted octanol–water partition coefficient (Wildman–Crippen LogP) is 1.80. The molecule has 2 aromatic rings. The van der Waals surface area contributed by atoms with Gasteiger partial charge < -0.3 is 15.0 Å². The van der Waals surface area contributed by atoms with Crippen molar-refractivity contribution < 1.29 is 19.2 Å². The van der Waals surface area contributed by atoms with E-state index in [0.717, 1.165) is 5.56 Å². The molecule has 0 fully saturated rings. The number of likely N-dealkylation sites (N-methyl/N-ethyl adjacent to an activating group) is 1. The molecule has 0 saturated heterocycles. The molecule has 1 atom stereocenters. The van der Waals surface area contributed by atoms with Crippen LogP contribution in [0.1, 0.15) is 11.6 Å². The van der Waals surface area contributed by atoms with Crippen molar-refractivity contribution in [1.29, 1.82) is 0 Å². The van der Waals surface area contributed by atoms with Crippen LogP contribution in [-0.4, -0.2) is 55.4 Å². The summed E-state index contributed by atoms with van der Waals surface area (Å²) in [6.45, 7) is -0.0731. The quantitative estimate of drug-likeness (QED) is 0.557. The average Bonchev–Trinajstić information content (AvgIpc) is 3.17. The third-order valence-corrected chi connectivity index (χ3v) is 5.14. The van der Waals surface area contributed by atoms with E-state index in [2.05, 4.69) is 5.32 Å². The highest BCUT2D eigenvalue weighted by atomic mass is 32.1. The second-order valence-electron chi connectivity index (χ2n) is 6.52. The van der Waals surface area contributed by atoms with Crippen molar-refractivity contribution in [3.63, 3.8) is 0 Å². The fraction of sp³-hybridized carbons (Fsp3) is 0.333. The van der Waals surface area contributed by atoms with Crippen molar-refractivity contribution in [1.82, 2.24) is 10.2 Å². The first kappa shape index (κ1) is 19.8. The number of amides is 2. The van der Waals surface area contributed by atoms with E-state index in [9.17, 15) is 19.7 Å². The van der Waals surface area contributed by atoms with Crippen LogP contribution in [0.3, 0.4) is 0 Å². The maximum atomic E-state index is 12.5. The number of nitro groups is 1. The first-order valence-electron chi connectivity index (χ1n) is 8.53. The molecular weight excluding hydrogens is 384 g/mol. The molecule has 1 aliphatic rings. The summed E-state index contributed by atoms with van der Waals surface area (Å²) >= 11 is 1.58. The second kappa shape index (κ2) is 8.36. The highest BCUT2D eigenvalue weighted by Crippen LogP contribution is 2.35. The Bertz CT molecular complexity index is 884. The first-order valence-corrected chi connectivity index (χ1v) is 9.48. The zero-order valence-electron chi connectivity index (χ0n) is 15.5. The lowest BCUT2D eigenvalue weighted by molar-refractivity contribution is -0.384. The molecule has 28 heavy (non-hydrogen) atoms. The molecule has 1 aromatic carbocycles. The lowest BCUT2D eigenvalue weighted by Crippen LogP contribution is -2.46. The molecule has 1 N–H and O–H groups in total. The van der Waals surface area contributed by atoms with Gasteiger partial charge >= 0.3 is 0 Å². The summed E-state index contributed by atoms with van der Waals surface area (Å²) in [6.07, 6.45) is 0. The fourth-order valence-electron chi connectivity index (χ4n) is 2.95. The van der Waals surface area contributed by atoms with Gasteiger partial charge in [0.25, 0.3) is 11.6 Å². The van der Waals surface area contributed by atoms with Gasteiger partial charge in [0, 0.05) is 18.7 Å². The lowest BCUT2D eigenvalue weighted by atomic mass is 10.1. The van der Waals surface area contributed by atoms with E-state index in [1.165, 1.54) is 23.1 Å². The SMILES string of the molecule is CN(C)C(CNC(=O)CN1C(=O)COc2ccc([N+](=O)[O-])cc21)c1ccsc1. The number of nitrogens with one attached hydrogen (secondary N) is 1. The summed E-state index contributed by atoms with van der Waals surface area (Å²) in [5.74, 6) is -0.442. The van der Waals surface area contributed by atoms with Crippen molar-refractivity contribution in [2.24, 2.45) is 0 Å². The zero-order chi connectivity index (χ0) is 20.3. The predicted molar refractivity (Wildman–Crippen MR) is 105 cm³/mol. The molecule has 1 aliphatic heterocycles. The average molecular weight is 404 g/mol. The highest BCUT2D eigenvalue weighted by molar-refractivity contribution is 7.07. The normalized spacial score (nSPS) is 14.4. The van der Waals surface area contributed by atoms with E-state index in [-0.39, 0.29) is 36.5 Å². The van der Waals surface area contributed by atoms with Crippen LogP contribution in [0.5, 0.6) is 5.75 Å². The van der Waals surface area contributed by atoms with Crippen LogP contribution in [0.25, 0.3) is 0 Å². The minimum Gasteiger partial charge on any atom is -0.482 e. The molecule has 0 radical (unpaired) electrons. The summed E-state index contributed by atoms with van der Waals surface area (Å²) in [7, 11) is 3.85. The van der Waals surface area contributed by atoms with E-state index in [0.29, 0.717) is 12.3 Å². The van der Waals surface area contributed by atoms with E-state index >= 15 is 0 Å². The molecule has 0 spiro atoms. The van der Waals surface area contributed by atoms with Crippen molar-refractivity contribution in [2.75, 3.05) is 38.7 Å². The van der Waals surface area contributed by atoms with Crippen LogP contribution in [-0.2, 0) is 9.59 Å². The number of anilines is 1. The molecule has 0 aliphatic carbocycles. The van der Waals surface area contributed by atoms with Crippen LogP contribution in [0.4, 0.5) is 11.4 Å². The molecule has 9 nitrogen and oxygen atoms in total. The number of hydrogen-bond donors (Lipinski definition) is 1. The number of carbonyl (C=O) groups excluding carboxylic acids is 2. The molecule has 10 heteroatoms. The standard InChI is InChI=1S/C18H20N4O5S/c1-20(2)15(12-5-6-28-11-12)8-19-17(23)9-21-14-7-13(22(25)26)3-4-16(14)27-10-18(21)24/h3-7,11,15H,8-10H2,1-2H3,(H,19,23). The Morgan fingerprint density at radius 2 is 2.21 bits per heavy atom. The Morgan fingerprint density at radius 1 is 1.43 bits per heavy atom. The summed E-state index contributed by atoms with van der Waals surface area (Å²) in [4.78, 5) is 38.4. The molecule has 1 unspecified atom stereocenters. The van der Waals surface area contributed by atoms with E-state index < -0.39 is 10.8 Å². The topological polar surface area (TPSA) is 105 Å². The molecule has 2 amide bonds. The van der Waals surface area contributed by atoms with Gasteiger partial charge in [0.05, 0.1) is 16.7 Å². The smallest absolute Gasteiger partial charge is 0.271 e. The first-order chi connectivity index (χ1) is 13.4. The monoisotopic (exact) mass is 404 g/mol. The number of fused-ring (bicyclic) bond motifs is 1. The Morgan fingerprint density at radius 3 is 2.86 bits per heavy atom. The largest absolute Gasteiger partial charge is 0.482 e. The van der Waals surface area contributed by atoms with Crippen LogP contribution in [0, 0.1) is 10.1 Å². The van der Waals surface area contributed by atoms with Gasteiger partial charge in [0.2, 0.25) is 5.91 Å². The van der Waals surface area contributed by atoms with Gasteiger partial charge in [0.15, 0.2) is 6.61 Å². The number of ether oxygens (including phenoxy) is 1. The van der Waals surface area contributed by atoms with Gasteiger partial charge in [-0.3, -0.25) is 24.6 Å². The van der Waals surface area contributed by atoms with Crippen molar-refractivity contribution in [3.8, 4) is 5.75 Å². The third-order valence-electron chi connectivity index (χ3n) is 4.44. The molecular formula is C18H20N4O5S. The summed E-state index contributed by atoms with van der Waals surface area (Å²) in [5.41, 5.74) is 1.15. The second-order valence-corrected chi connectivity index (χ2v) is 7.30. The molecule has 1 aromatic heterocycles. The fourth-order valence-corrected chi connectivity index (χ4v) is 3.66. The van der Waals surface area contributed by atoms with Gasteiger partial charge in [-0.2, -0.15) is 11.3 Å². The van der Waals surface area contributed by atoms with Crippen molar-refractivity contribution in [2.45, 2.75) is 6.04 Å². The number of non-ortho nitro benzene ring substituents is 1. The Balaban J connectivity index is 1.71. The molecule has 0 saturated carbocycles. The van der Waals surface area contributed by atoms with E-state index in [1.54, 1.807) is 11.3 Å². The summed E-state index contributed by atoms with van der Waals surface area (Å²) in [6, 6.07) is 5.98. The minimum atomic E-state index is -0.555. The number of thiophene rings is 1. The van der Waals surface area contributed by atoms with Crippen LogP contribution < -0.4 is 15.0 Å². The van der Waals surface area contributed by atoms with Gasteiger partial charge in [-0.15, -0.1) is 0 Å². The zero-order valence-corrected chi connectivity index (χ0v) is 16.3. The maximum Gasteiger partial charge on any atom is 0.271 e. The van der Waals surface area contributed by atoms with Crippen molar-refractivity contribution in [3.05, 3.63) is 50.7 Å². The molecule has 148 valence electrons. The Kier molecular flexibility index (Phi) is 5.90. The number of benzene rings is 1. The number of nitrogens with zero attached hydrogens (tertiary/aromatic N) is 3. The Labute approximate surface area is 165 Å². The Hall–Kier alpha value is -2.98. The number of carbonyl (C=O) groups is 2.